The number of hydrogen-bond donors (Lipinski definition) is 1. The molecule has 13 heavy (non-hydrogen) atoms. The van der Waals surface area contributed by atoms with Crippen LogP contribution in [0.5, 0.6) is 0 Å². The Balaban J connectivity index is 4.02. The topological polar surface area (TPSA) is 38.3 Å². The molecule has 78 valence electrons. The van der Waals surface area contributed by atoms with Gasteiger partial charge in [0.15, 0.2) is 0 Å². The summed E-state index contributed by atoms with van der Waals surface area (Å²) in [5, 5.41) is 2.62. The Hall–Kier alpha value is -0.730. The second kappa shape index (κ2) is 5.84. The first-order valence-corrected chi connectivity index (χ1v) is 4.93. The van der Waals surface area contributed by atoms with Crippen molar-refractivity contribution in [2.45, 2.75) is 40.7 Å². The van der Waals surface area contributed by atoms with Crippen LogP contribution in [0.1, 0.15) is 34.6 Å². The van der Waals surface area contributed by atoms with Gasteiger partial charge in [-0.2, -0.15) is 0 Å². The summed E-state index contributed by atoms with van der Waals surface area (Å²) in [7, 11) is 0. The van der Waals surface area contributed by atoms with Crippen LogP contribution >= 0.6 is 0 Å². The zero-order valence-electron chi connectivity index (χ0n) is 9.26. The monoisotopic (exact) mass is 187 g/mol. The van der Waals surface area contributed by atoms with Crippen molar-refractivity contribution in [2.75, 3.05) is 6.54 Å². The van der Waals surface area contributed by atoms with E-state index in [4.69, 9.17) is 4.74 Å². The lowest BCUT2D eigenvalue weighted by Gasteiger charge is -2.24. The molecule has 0 aromatic rings. The van der Waals surface area contributed by atoms with Gasteiger partial charge in [0.25, 0.3) is 0 Å². The molecule has 1 amide bonds. The Morgan fingerprint density at radius 1 is 1.23 bits per heavy atom. The van der Waals surface area contributed by atoms with Gasteiger partial charge in [-0.25, -0.2) is 4.79 Å². The third kappa shape index (κ3) is 4.76. The van der Waals surface area contributed by atoms with Crippen molar-refractivity contribution in [2.24, 2.45) is 11.8 Å². The summed E-state index contributed by atoms with van der Waals surface area (Å²) in [5.41, 5.74) is 0. The lowest BCUT2D eigenvalue weighted by molar-refractivity contribution is 0.0427. The number of carbonyl (C=O) groups excluding carboxylic acids is 1. The van der Waals surface area contributed by atoms with Crippen molar-refractivity contribution in [3.63, 3.8) is 0 Å². The van der Waals surface area contributed by atoms with Gasteiger partial charge in [0.1, 0.15) is 6.10 Å². The molecule has 3 heteroatoms. The third-order valence-corrected chi connectivity index (χ3v) is 1.88. The maximum Gasteiger partial charge on any atom is 0.407 e. The average Bonchev–Trinajstić information content (AvgIpc) is 1.99. The van der Waals surface area contributed by atoms with Crippen LogP contribution in [0, 0.1) is 11.8 Å². The fourth-order valence-electron chi connectivity index (χ4n) is 1.35. The Bertz CT molecular complexity index is 147. The van der Waals surface area contributed by atoms with E-state index in [2.05, 4.69) is 33.0 Å². The van der Waals surface area contributed by atoms with Crippen LogP contribution in [-0.2, 0) is 4.74 Å². The fourth-order valence-corrected chi connectivity index (χ4v) is 1.35. The average molecular weight is 187 g/mol. The van der Waals surface area contributed by atoms with E-state index in [0.717, 1.165) is 0 Å². The maximum absolute atomic E-state index is 11.1. The summed E-state index contributed by atoms with van der Waals surface area (Å²) in [6.07, 6.45) is -0.304. The number of hydrogen-bond acceptors (Lipinski definition) is 2. The first-order chi connectivity index (χ1) is 5.99. The highest BCUT2D eigenvalue weighted by molar-refractivity contribution is 5.67. The summed E-state index contributed by atoms with van der Waals surface area (Å²) in [6.45, 7) is 10.7. The van der Waals surface area contributed by atoms with E-state index in [-0.39, 0.29) is 12.2 Å². The van der Waals surface area contributed by atoms with Gasteiger partial charge in [-0.1, -0.05) is 27.7 Å². The summed E-state index contributed by atoms with van der Waals surface area (Å²) >= 11 is 0. The largest absolute Gasteiger partial charge is 0.446 e. The number of rotatable bonds is 4. The molecular formula is C10H21NO2. The molecule has 0 atom stereocenters. The van der Waals surface area contributed by atoms with Crippen molar-refractivity contribution >= 4 is 6.09 Å². The van der Waals surface area contributed by atoms with Crippen LogP contribution in [0.2, 0.25) is 0 Å². The Labute approximate surface area is 80.8 Å². The smallest absolute Gasteiger partial charge is 0.407 e. The summed E-state index contributed by atoms with van der Waals surface area (Å²) in [5.74, 6) is 0.727. The molecule has 0 rings (SSSR count). The Morgan fingerprint density at radius 3 is 2.00 bits per heavy atom. The molecule has 0 aliphatic rings. The summed E-state index contributed by atoms with van der Waals surface area (Å²) < 4.78 is 5.26. The quantitative estimate of drug-likeness (QED) is 0.734. The van der Waals surface area contributed by atoms with Gasteiger partial charge in [-0.3, -0.25) is 0 Å². The van der Waals surface area contributed by atoms with Gasteiger partial charge in [-0.15, -0.1) is 0 Å². The molecule has 0 fully saturated rings. The van der Waals surface area contributed by atoms with Crippen molar-refractivity contribution in [1.82, 2.24) is 5.32 Å². The van der Waals surface area contributed by atoms with Crippen molar-refractivity contribution < 1.29 is 9.53 Å². The molecule has 0 radical (unpaired) electrons. The number of amides is 1. The SMILES string of the molecule is CCNC(=O)OC(C(C)C)C(C)C. The van der Waals surface area contributed by atoms with Gasteiger partial charge >= 0.3 is 6.09 Å². The number of ether oxygens (including phenoxy) is 1. The van der Waals surface area contributed by atoms with Crippen LogP contribution in [0.25, 0.3) is 0 Å². The molecule has 0 spiro atoms. The molecule has 0 aromatic carbocycles. The van der Waals surface area contributed by atoms with Gasteiger partial charge in [0.05, 0.1) is 0 Å². The third-order valence-electron chi connectivity index (χ3n) is 1.88. The highest BCUT2D eigenvalue weighted by atomic mass is 16.6. The Morgan fingerprint density at radius 2 is 1.69 bits per heavy atom. The molecule has 3 nitrogen and oxygen atoms in total. The normalized spacial score (nSPS) is 11.1. The molecule has 0 unspecified atom stereocenters. The van der Waals surface area contributed by atoms with E-state index < -0.39 is 0 Å². The fraction of sp³-hybridized carbons (Fsp3) is 0.900. The van der Waals surface area contributed by atoms with Gasteiger partial charge < -0.3 is 10.1 Å². The van der Waals surface area contributed by atoms with Gasteiger partial charge in [0, 0.05) is 6.54 Å². The molecule has 0 aromatic heterocycles. The first-order valence-electron chi connectivity index (χ1n) is 4.93. The molecule has 0 saturated heterocycles. The van der Waals surface area contributed by atoms with Gasteiger partial charge in [0.2, 0.25) is 0 Å². The minimum atomic E-state index is -0.310. The minimum absolute atomic E-state index is 0.00606. The van der Waals surface area contributed by atoms with Gasteiger partial charge in [-0.05, 0) is 18.8 Å². The number of carbonyl (C=O) groups is 1. The molecule has 0 aliphatic heterocycles. The summed E-state index contributed by atoms with van der Waals surface area (Å²) in [4.78, 5) is 11.1. The summed E-state index contributed by atoms with van der Waals surface area (Å²) in [6, 6.07) is 0. The molecule has 1 N–H and O–H groups in total. The predicted octanol–water partition coefficient (Wildman–Crippen LogP) is 2.41. The van der Waals surface area contributed by atoms with E-state index in [1.165, 1.54) is 0 Å². The van der Waals surface area contributed by atoms with Crippen LogP contribution in [0.15, 0.2) is 0 Å². The van der Waals surface area contributed by atoms with E-state index in [1.54, 1.807) is 0 Å². The second-order valence-electron chi connectivity index (χ2n) is 3.89. The van der Waals surface area contributed by atoms with E-state index in [0.29, 0.717) is 18.4 Å². The van der Waals surface area contributed by atoms with Crippen LogP contribution in [0.3, 0.4) is 0 Å². The highest BCUT2D eigenvalue weighted by Gasteiger charge is 2.21. The number of alkyl carbamates (subject to hydrolysis) is 1. The van der Waals surface area contributed by atoms with Crippen LogP contribution < -0.4 is 5.32 Å². The molecular weight excluding hydrogens is 166 g/mol. The molecule has 0 heterocycles. The zero-order valence-corrected chi connectivity index (χ0v) is 9.26. The Kier molecular flexibility index (Phi) is 5.51. The van der Waals surface area contributed by atoms with Crippen LogP contribution in [-0.4, -0.2) is 18.7 Å². The minimum Gasteiger partial charge on any atom is -0.446 e. The number of nitrogens with one attached hydrogen (secondary N) is 1. The van der Waals surface area contributed by atoms with E-state index in [9.17, 15) is 4.79 Å². The lowest BCUT2D eigenvalue weighted by Crippen LogP contribution is -2.34. The predicted molar refractivity (Wildman–Crippen MR) is 53.6 cm³/mol. The second-order valence-corrected chi connectivity index (χ2v) is 3.89. The maximum atomic E-state index is 11.1. The molecule has 0 saturated carbocycles. The van der Waals surface area contributed by atoms with E-state index in [1.807, 2.05) is 6.92 Å². The van der Waals surface area contributed by atoms with Crippen molar-refractivity contribution in [1.29, 1.82) is 0 Å². The van der Waals surface area contributed by atoms with Crippen LogP contribution in [0.4, 0.5) is 4.79 Å². The van der Waals surface area contributed by atoms with Crippen molar-refractivity contribution in [3.8, 4) is 0 Å². The molecule has 0 bridgehead atoms. The first kappa shape index (κ1) is 12.3. The standard InChI is InChI=1S/C10H21NO2/c1-6-11-10(12)13-9(7(2)3)8(4)5/h7-9H,6H2,1-5H3,(H,11,12). The lowest BCUT2D eigenvalue weighted by atomic mass is 9.96. The highest BCUT2D eigenvalue weighted by Crippen LogP contribution is 2.15. The van der Waals surface area contributed by atoms with Crippen molar-refractivity contribution in [3.05, 3.63) is 0 Å². The van der Waals surface area contributed by atoms with E-state index >= 15 is 0 Å². The molecule has 0 aliphatic carbocycles. The zero-order chi connectivity index (χ0) is 10.4.